The SMILES string of the molecule is CC(=O)c1c(C(C)=O)c(C(C)=O)[n+](C(C)=O)c(C(C)=O)c1C(C)=O.[Cl-]. The molecule has 25 heavy (non-hydrogen) atoms. The lowest BCUT2D eigenvalue weighted by Gasteiger charge is -2.14. The molecule has 0 aliphatic rings. The monoisotopic (exact) mass is 367 g/mol. The van der Waals surface area contributed by atoms with Crippen LogP contribution in [0.25, 0.3) is 0 Å². The molecular weight excluding hydrogens is 350 g/mol. The minimum absolute atomic E-state index is 0. The second kappa shape index (κ2) is 8.02. The molecule has 0 bridgehead atoms. The lowest BCUT2D eigenvalue weighted by molar-refractivity contribution is -0.577. The highest BCUT2D eigenvalue weighted by atomic mass is 35.5. The Balaban J connectivity index is 0.00000576. The summed E-state index contributed by atoms with van der Waals surface area (Å²) in [5.41, 5.74) is -1.67. The summed E-state index contributed by atoms with van der Waals surface area (Å²) in [7, 11) is 0. The fraction of sp³-hybridized carbons (Fsp3) is 0.353. The molecule has 0 aliphatic carbocycles. The molecule has 1 rings (SSSR count). The maximum Gasteiger partial charge on any atom is 0.390 e. The molecule has 1 heterocycles. The van der Waals surface area contributed by atoms with Crippen molar-refractivity contribution in [1.82, 2.24) is 0 Å². The van der Waals surface area contributed by atoms with Gasteiger partial charge in [-0.2, -0.15) is 0 Å². The van der Waals surface area contributed by atoms with Gasteiger partial charge in [0.25, 0.3) is 11.4 Å². The second-order valence-corrected chi connectivity index (χ2v) is 5.46. The molecular formula is C17H18ClNO6. The van der Waals surface area contributed by atoms with Crippen molar-refractivity contribution < 1.29 is 45.7 Å². The first-order valence-electron chi connectivity index (χ1n) is 7.15. The largest absolute Gasteiger partial charge is 1.00 e. The van der Waals surface area contributed by atoms with Crippen molar-refractivity contribution in [3.63, 3.8) is 0 Å². The molecule has 0 radical (unpaired) electrons. The third-order valence-electron chi connectivity index (χ3n) is 3.46. The van der Waals surface area contributed by atoms with Crippen LogP contribution in [0.5, 0.6) is 0 Å². The van der Waals surface area contributed by atoms with Crippen LogP contribution < -0.4 is 17.0 Å². The van der Waals surface area contributed by atoms with E-state index in [-0.39, 0.29) is 40.5 Å². The van der Waals surface area contributed by atoms with E-state index in [0.717, 1.165) is 46.1 Å². The molecule has 134 valence electrons. The van der Waals surface area contributed by atoms with Crippen molar-refractivity contribution >= 4 is 34.8 Å². The van der Waals surface area contributed by atoms with E-state index in [9.17, 15) is 28.8 Å². The minimum atomic E-state index is -0.717. The molecule has 1 aromatic heterocycles. The highest BCUT2D eigenvalue weighted by Gasteiger charge is 2.41. The summed E-state index contributed by atoms with van der Waals surface area (Å²) in [6.07, 6.45) is 0. The normalized spacial score (nSPS) is 9.84. The molecule has 0 aromatic carbocycles. The molecule has 0 atom stereocenters. The van der Waals surface area contributed by atoms with E-state index < -0.39 is 34.8 Å². The summed E-state index contributed by atoms with van der Waals surface area (Å²) in [5.74, 6) is -4.02. The van der Waals surface area contributed by atoms with E-state index in [0.29, 0.717) is 0 Å². The summed E-state index contributed by atoms with van der Waals surface area (Å²) in [4.78, 5) is 72.6. The Morgan fingerprint density at radius 2 is 0.800 bits per heavy atom. The van der Waals surface area contributed by atoms with Crippen molar-refractivity contribution in [2.24, 2.45) is 0 Å². The number of rotatable bonds is 5. The number of carbonyl (C=O) groups excluding carboxylic acids is 6. The van der Waals surface area contributed by atoms with Gasteiger partial charge in [0.05, 0.1) is 12.5 Å². The van der Waals surface area contributed by atoms with E-state index in [2.05, 4.69) is 0 Å². The van der Waals surface area contributed by atoms with E-state index in [1.807, 2.05) is 0 Å². The molecule has 0 saturated heterocycles. The van der Waals surface area contributed by atoms with E-state index in [1.54, 1.807) is 0 Å². The van der Waals surface area contributed by atoms with Gasteiger partial charge in [-0.05, 0) is 20.8 Å². The van der Waals surface area contributed by atoms with Crippen LogP contribution in [0.3, 0.4) is 0 Å². The molecule has 0 amide bonds. The van der Waals surface area contributed by atoms with Gasteiger partial charge in [0.15, 0.2) is 17.3 Å². The molecule has 8 heteroatoms. The highest BCUT2D eigenvalue weighted by molar-refractivity contribution is 6.20. The summed E-state index contributed by atoms with van der Waals surface area (Å²) >= 11 is 0. The number of hydrogen-bond donors (Lipinski definition) is 0. The first kappa shape index (κ1) is 22.5. The van der Waals surface area contributed by atoms with E-state index in [1.165, 1.54) is 0 Å². The number of aromatic nitrogens is 1. The van der Waals surface area contributed by atoms with Crippen LogP contribution in [0.4, 0.5) is 0 Å². The van der Waals surface area contributed by atoms with Crippen molar-refractivity contribution in [1.29, 1.82) is 0 Å². The predicted octanol–water partition coefficient (Wildman–Crippen LogP) is -1.35. The summed E-state index contributed by atoms with van der Waals surface area (Å²) in [6, 6.07) is 0. The predicted molar refractivity (Wildman–Crippen MR) is 83.0 cm³/mol. The first-order chi connectivity index (χ1) is 10.9. The molecule has 0 spiro atoms. The van der Waals surface area contributed by atoms with Crippen molar-refractivity contribution in [3.8, 4) is 0 Å². The average molecular weight is 368 g/mol. The van der Waals surface area contributed by atoms with Gasteiger partial charge < -0.3 is 12.4 Å². The molecule has 0 unspecified atom stereocenters. The Morgan fingerprint density at radius 3 is 0.960 bits per heavy atom. The Kier molecular flexibility index (Phi) is 7.21. The van der Waals surface area contributed by atoms with Gasteiger partial charge in [-0.1, -0.05) is 0 Å². The van der Waals surface area contributed by atoms with Crippen LogP contribution in [0.15, 0.2) is 0 Å². The number of carbonyl (C=O) groups is 6. The number of hydrogen-bond acceptors (Lipinski definition) is 6. The van der Waals surface area contributed by atoms with Gasteiger partial charge >= 0.3 is 5.91 Å². The average Bonchev–Trinajstić information content (AvgIpc) is 2.42. The lowest BCUT2D eigenvalue weighted by atomic mass is 9.88. The zero-order valence-electron chi connectivity index (χ0n) is 14.8. The van der Waals surface area contributed by atoms with Gasteiger partial charge in [0, 0.05) is 13.8 Å². The topological polar surface area (TPSA) is 106 Å². The summed E-state index contributed by atoms with van der Waals surface area (Å²) in [6.45, 7) is 6.69. The van der Waals surface area contributed by atoms with Crippen LogP contribution in [0, 0.1) is 0 Å². The zero-order chi connectivity index (χ0) is 18.9. The molecule has 7 nitrogen and oxygen atoms in total. The number of Topliss-reactive ketones (excluding diaryl/α,β-unsaturated/α-hetero) is 5. The summed E-state index contributed by atoms with van der Waals surface area (Å²) < 4.78 is 0.755. The number of halogens is 1. The highest BCUT2D eigenvalue weighted by Crippen LogP contribution is 2.23. The van der Waals surface area contributed by atoms with Crippen LogP contribution in [0.1, 0.15) is 98.4 Å². The van der Waals surface area contributed by atoms with Gasteiger partial charge in [-0.15, -0.1) is 4.57 Å². The fourth-order valence-electron chi connectivity index (χ4n) is 2.72. The maximum atomic E-state index is 12.1. The molecule has 0 saturated carbocycles. The van der Waals surface area contributed by atoms with Gasteiger partial charge in [0.2, 0.25) is 11.6 Å². The number of pyridine rings is 1. The van der Waals surface area contributed by atoms with Gasteiger partial charge in [-0.3, -0.25) is 24.0 Å². The Bertz CT molecular complexity index is 640. The van der Waals surface area contributed by atoms with Crippen LogP contribution in [-0.4, -0.2) is 34.8 Å². The molecule has 1 aromatic rings. The summed E-state index contributed by atoms with van der Waals surface area (Å²) in [5, 5.41) is 0. The van der Waals surface area contributed by atoms with E-state index in [4.69, 9.17) is 0 Å². The fourth-order valence-corrected chi connectivity index (χ4v) is 2.72. The Labute approximate surface area is 150 Å². The van der Waals surface area contributed by atoms with Crippen molar-refractivity contribution in [2.45, 2.75) is 41.5 Å². The molecule has 0 aliphatic heterocycles. The zero-order valence-corrected chi connectivity index (χ0v) is 15.5. The standard InChI is InChI=1S/C17H18NO6.ClH/c1-7(19)13-14(8(2)20)16(10(4)22)18(12(6)24)17(11(5)23)15(13)9(3)21;/h1-6H3;1H/q+1;/p-1. The van der Waals surface area contributed by atoms with Crippen molar-refractivity contribution in [2.75, 3.05) is 0 Å². The second-order valence-electron chi connectivity index (χ2n) is 5.46. The van der Waals surface area contributed by atoms with Crippen LogP contribution >= 0.6 is 0 Å². The Morgan fingerprint density at radius 1 is 0.520 bits per heavy atom. The van der Waals surface area contributed by atoms with Crippen LogP contribution in [-0.2, 0) is 0 Å². The smallest absolute Gasteiger partial charge is 0.390 e. The lowest BCUT2D eigenvalue weighted by Crippen LogP contribution is -3.00. The van der Waals surface area contributed by atoms with Crippen molar-refractivity contribution in [3.05, 3.63) is 28.1 Å². The van der Waals surface area contributed by atoms with Crippen LogP contribution in [0.2, 0.25) is 0 Å². The van der Waals surface area contributed by atoms with E-state index >= 15 is 0 Å². The van der Waals surface area contributed by atoms with Gasteiger partial charge in [-0.25, -0.2) is 4.79 Å². The third-order valence-corrected chi connectivity index (χ3v) is 3.46. The molecule has 0 N–H and O–H groups in total. The minimum Gasteiger partial charge on any atom is -1.00 e. The van der Waals surface area contributed by atoms with Gasteiger partial charge in [0.1, 0.15) is 11.1 Å². The molecule has 0 fully saturated rings. The third kappa shape index (κ3) is 3.93. The maximum absolute atomic E-state index is 12.1. The quantitative estimate of drug-likeness (QED) is 0.470. The number of nitrogens with zero attached hydrogens (tertiary/aromatic N) is 1. The Hall–Kier alpha value is -2.54. The number of ketones is 5. The first-order valence-corrected chi connectivity index (χ1v) is 7.15.